The molecule has 7 rings (SSSR count). The molecule has 0 spiro atoms. The van der Waals surface area contributed by atoms with Gasteiger partial charge in [0, 0.05) is 75.6 Å². The first-order valence-corrected chi connectivity index (χ1v) is 22.1. The molecule has 4 amide bonds. The van der Waals surface area contributed by atoms with E-state index in [-0.39, 0.29) is 35.7 Å². The first-order valence-electron chi connectivity index (χ1n) is 20.5. The fraction of sp³-hybridized carbons (Fsp3) is 0.478. The van der Waals surface area contributed by atoms with Crippen molar-refractivity contribution in [1.29, 1.82) is 0 Å². The molecule has 5 aromatic rings. The van der Waals surface area contributed by atoms with E-state index in [1.165, 1.54) is 0 Å². The second-order valence-electron chi connectivity index (χ2n) is 15.6. The summed E-state index contributed by atoms with van der Waals surface area (Å²) in [6, 6.07) is 11.3. The fourth-order valence-corrected chi connectivity index (χ4v) is 10.7. The van der Waals surface area contributed by atoms with Gasteiger partial charge in [0.05, 0.1) is 0 Å². The molecule has 0 fully saturated rings. The van der Waals surface area contributed by atoms with Gasteiger partial charge in [0.2, 0.25) is 0 Å². The van der Waals surface area contributed by atoms with Crippen LogP contribution in [0.15, 0.2) is 45.3 Å². The van der Waals surface area contributed by atoms with Gasteiger partial charge in [-0.3, -0.25) is 29.0 Å². The van der Waals surface area contributed by atoms with E-state index in [2.05, 4.69) is 59.6 Å². The van der Waals surface area contributed by atoms with Crippen LogP contribution in [0.5, 0.6) is 0 Å². The fourth-order valence-electron chi connectivity index (χ4n) is 9.39. The van der Waals surface area contributed by atoms with Crippen molar-refractivity contribution >= 4 is 98.6 Å². The molecule has 0 N–H and O–H groups in total. The maximum absolute atomic E-state index is 14.6. The van der Waals surface area contributed by atoms with E-state index in [9.17, 15) is 19.2 Å². The minimum atomic E-state index is -0.228. The molecular weight excluding hydrogens is 804 g/mol. The Morgan fingerprint density at radius 1 is 0.426 bits per heavy atom. The van der Waals surface area contributed by atoms with E-state index in [1.807, 2.05) is 36.4 Å². The summed E-state index contributed by atoms with van der Waals surface area (Å²) < 4.78 is 1.51. The molecule has 0 aliphatic carbocycles. The number of amides is 4. The molecule has 6 nitrogen and oxygen atoms in total. The molecule has 2 heterocycles. The third-order valence-corrected chi connectivity index (χ3v) is 13.3. The molecule has 0 saturated heterocycles. The van der Waals surface area contributed by atoms with Crippen LogP contribution in [0, 0.1) is 0 Å². The van der Waals surface area contributed by atoms with Gasteiger partial charge in [-0.15, -0.1) is 0 Å². The van der Waals surface area contributed by atoms with Crippen LogP contribution in [0.4, 0.5) is 0 Å². The van der Waals surface area contributed by atoms with Gasteiger partial charge in [0.1, 0.15) is 0 Å². The highest BCUT2D eigenvalue weighted by atomic mass is 79.9. The number of benzene rings is 5. The summed E-state index contributed by atoms with van der Waals surface area (Å²) in [5.41, 5.74) is 2.18. The SMILES string of the molecule is CCCCCC(CCCCC)N1C(=O)c2ccc3c4c(Br)cc5c6c(ccc(c7c(Br)cc(c2c37)C1=O)c64)C(=O)N(C(CCCCC)CCCCC)C5=O. The average molecular weight is 857 g/mol. The maximum Gasteiger partial charge on any atom is 0.261 e. The van der Waals surface area contributed by atoms with Gasteiger partial charge in [-0.1, -0.05) is 149 Å². The lowest BCUT2D eigenvalue weighted by Gasteiger charge is -2.36. The molecule has 2 aliphatic heterocycles. The summed E-state index contributed by atoms with van der Waals surface area (Å²) in [5.74, 6) is -0.893. The molecule has 0 saturated carbocycles. The van der Waals surface area contributed by atoms with Crippen LogP contribution in [0.1, 0.15) is 172 Å². The summed E-state index contributed by atoms with van der Waals surface area (Å²) in [6.45, 7) is 8.69. The van der Waals surface area contributed by atoms with E-state index < -0.39 is 0 Å². The Morgan fingerprint density at radius 3 is 1.06 bits per heavy atom. The Hall–Kier alpha value is -3.36. The van der Waals surface area contributed by atoms with Crippen LogP contribution in [-0.2, 0) is 0 Å². The monoisotopic (exact) mass is 854 g/mol. The average Bonchev–Trinajstić information content (AvgIpc) is 3.16. The maximum atomic E-state index is 14.6. The highest BCUT2D eigenvalue weighted by Gasteiger charge is 2.41. The number of carbonyl (C=O) groups excluding carboxylic acids is 4. The van der Waals surface area contributed by atoms with Crippen molar-refractivity contribution in [2.24, 2.45) is 0 Å². The van der Waals surface area contributed by atoms with Gasteiger partial charge in [0.25, 0.3) is 23.6 Å². The molecule has 0 radical (unpaired) electrons. The van der Waals surface area contributed by atoms with Crippen molar-refractivity contribution < 1.29 is 19.2 Å². The standard InChI is InChI=1S/C46H52Br2N2O4/c1-5-9-13-17-27(18-14-10-6-2)49-43(51)31-23-21-29-40-36(48)26-34-38-32(44(52)50(46(34)54)28(19-15-11-7-3)20-16-12-8-4)24-22-30(42(38)40)39-35(47)25-33(45(49)53)37(31)41(29)39/h21-28H,5-20H2,1-4H3. The minimum Gasteiger partial charge on any atom is -0.271 e. The van der Waals surface area contributed by atoms with Gasteiger partial charge < -0.3 is 0 Å². The molecule has 5 aromatic carbocycles. The van der Waals surface area contributed by atoms with E-state index >= 15 is 0 Å². The number of rotatable bonds is 18. The number of nitrogens with zero attached hydrogens (tertiary/aromatic N) is 2. The molecule has 0 atom stereocenters. The number of fused-ring (bicyclic) bond motifs is 2. The third-order valence-electron chi connectivity index (χ3n) is 12.1. The van der Waals surface area contributed by atoms with Gasteiger partial charge in [-0.2, -0.15) is 0 Å². The zero-order valence-corrected chi connectivity index (χ0v) is 35.4. The van der Waals surface area contributed by atoms with E-state index in [0.717, 1.165) is 144 Å². The Balaban J connectivity index is 1.40. The van der Waals surface area contributed by atoms with Gasteiger partial charge in [-0.25, -0.2) is 0 Å². The lowest BCUT2D eigenvalue weighted by Crippen LogP contribution is -2.47. The zero-order valence-electron chi connectivity index (χ0n) is 32.2. The third kappa shape index (κ3) is 6.47. The molecule has 0 bridgehead atoms. The van der Waals surface area contributed by atoms with Crippen molar-refractivity contribution in [1.82, 2.24) is 9.80 Å². The predicted octanol–water partition coefficient (Wildman–Crippen LogP) is 13.5. The topological polar surface area (TPSA) is 74.8 Å². The smallest absolute Gasteiger partial charge is 0.261 e. The van der Waals surface area contributed by atoms with Crippen molar-refractivity contribution in [2.75, 3.05) is 0 Å². The number of hydrogen-bond donors (Lipinski definition) is 0. The highest BCUT2D eigenvalue weighted by Crippen LogP contribution is 2.51. The van der Waals surface area contributed by atoms with Crippen LogP contribution in [0.25, 0.3) is 43.1 Å². The van der Waals surface area contributed by atoms with E-state index in [0.29, 0.717) is 33.0 Å². The Bertz CT molecular complexity index is 2100. The van der Waals surface area contributed by atoms with Crippen LogP contribution < -0.4 is 0 Å². The number of unbranched alkanes of at least 4 members (excludes halogenated alkanes) is 8. The Morgan fingerprint density at radius 2 is 0.741 bits per heavy atom. The van der Waals surface area contributed by atoms with Crippen LogP contribution in [0.3, 0.4) is 0 Å². The summed E-state index contributed by atoms with van der Waals surface area (Å²) in [4.78, 5) is 61.3. The van der Waals surface area contributed by atoms with Gasteiger partial charge >= 0.3 is 0 Å². The summed E-state index contributed by atoms with van der Waals surface area (Å²) in [5, 5.41) is 6.59. The molecular formula is C46H52Br2N2O4. The first-order chi connectivity index (χ1) is 26.2. The quantitative estimate of drug-likeness (QED) is 0.0381. The van der Waals surface area contributed by atoms with Crippen molar-refractivity contribution in [3.05, 3.63) is 67.6 Å². The number of hydrogen-bond acceptors (Lipinski definition) is 4. The van der Waals surface area contributed by atoms with Gasteiger partial charge in [0.15, 0.2) is 0 Å². The van der Waals surface area contributed by atoms with Crippen LogP contribution >= 0.6 is 31.9 Å². The van der Waals surface area contributed by atoms with Crippen molar-refractivity contribution in [2.45, 2.75) is 143 Å². The lowest BCUT2D eigenvalue weighted by atomic mass is 9.81. The number of imide groups is 2. The van der Waals surface area contributed by atoms with Gasteiger partial charge in [-0.05, 0) is 60.7 Å². The Kier molecular flexibility index (Phi) is 11.8. The van der Waals surface area contributed by atoms with E-state index in [4.69, 9.17) is 0 Å². The summed E-state index contributed by atoms with van der Waals surface area (Å²) in [6.07, 6.45) is 15.8. The molecule has 54 heavy (non-hydrogen) atoms. The van der Waals surface area contributed by atoms with E-state index in [1.54, 1.807) is 9.80 Å². The lowest BCUT2D eigenvalue weighted by molar-refractivity contribution is 0.0501. The van der Waals surface area contributed by atoms with Crippen molar-refractivity contribution in [3.63, 3.8) is 0 Å². The minimum absolute atomic E-state index is 0.143. The second-order valence-corrected chi connectivity index (χ2v) is 17.3. The molecule has 0 aromatic heterocycles. The van der Waals surface area contributed by atoms with Crippen molar-refractivity contribution in [3.8, 4) is 0 Å². The second kappa shape index (κ2) is 16.4. The number of carbonyl (C=O) groups is 4. The molecule has 2 aliphatic rings. The largest absolute Gasteiger partial charge is 0.271 e. The zero-order chi connectivity index (χ0) is 38.3. The number of halogens is 2. The van der Waals surface area contributed by atoms with Crippen LogP contribution in [0.2, 0.25) is 0 Å². The normalized spacial score (nSPS) is 14.6. The summed E-state index contributed by atoms with van der Waals surface area (Å²) in [7, 11) is 0. The highest BCUT2D eigenvalue weighted by molar-refractivity contribution is 9.11. The predicted molar refractivity (Wildman–Crippen MR) is 228 cm³/mol. The summed E-state index contributed by atoms with van der Waals surface area (Å²) >= 11 is 7.79. The molecule has 0 unspecified atom stereocenters. The van der Waals surface area contributed by atoms with Crippen LogP contribution in [-0.4, -0.2) is 45.5 Å². The molecule has 284 valence electrons. The Labute approximate surface area is 336 Å². The first kappa shape index (κ1) is 38.9. The molecule has 8 heteroatoms.